The molecule has 0 unspecified atom stereocenters. The minimum absolute atomic E-state index is 0.0832. The zero-order chi connectivity index (χ0) is 19.1. The van der Waals surface area contributed by atoms with Crippen LogP contribution < -0.4 is 5.32 Å². The van der Waals surface area contributed by atoms with Gasteiger partial charge in [-0.1, -0.05) is 0 Å². The zero-order valence-corrected chi connectivity index (χ0v) is 13.7. The third-order valence-corrected chi connectivity index (χ3v) is 3.36. The van der Waals surface area contributed by atoms with Gasteiger partial charge in [-0.3, -0.25) is 4.79 Å². The molecule has 0 aliphatic heterocycles. The number of rotatable bonds is 6. The van der Waals surface area contributed by atoms with Crippen molar-refractivity contribution in [2.75, 3.05) is 13.7 Å². The highest BCUT2D eigenvalue weighted by atomic mass is 19.1. The van der Waals surface area contributed by atoms with E-state index in [4.69, 9.17) is 4.74 Å². The van der Waals surface area contributed by atoms with E-state index in [1.165, 1.54) is 24.3 Å². The van der Waals surface area contributed by atoms with Crippen molar-refractivity contribution < 1.29 is 32.6 Å². The van der Waals surface area contributed by atoms with Crippen molar-refractivity contribution in [3.8, 4) is 0 Å². The fourth-order valence-electron chi connectivity index (χ4n) is 1.98. The van der Waals surface area contributed by atoms with Crippen LogP contribution in [0.2, 0.25) is 0 Å². The molecule has 0 bridgehead atoms. The van der Waals surface area contributed by atoms with Crippen molar-refractivity contribution >= 4 is 17.8 Å². The van der Waals surface area contributed by atoms with Crippen LogP contribution in [0.1, 0.15) is 20.7 Å². The Morgan fingerprint density at radius 2 is 1.42 bits per heavy atom. The van der Waals surface area contributed by atoms with E-state index < -0.39 is 42.1 Å². The summed E-state index contributed by atoms with van der Waals surface area (Å²) in [4.78, 5) is 35.8. The number of hydrogen-bond donors (Lipinski definition) is 1. The lowest BCUT2D eigenvalue weighted by atomic mass is 10.2. The van der Waals surface area contributed by atoms with Crippen molar-refractivity contribution in [3.63, 3.8) is 0 Å². The SMILES string of the molecule is COC(=O)[C@H](COC(=O)c1ccc(F)cc1)NC(=O)c1ccc(F)cc1. The molecule has 0 saturated heterocycles. The van der Waals surface area contributed by atoms with E-state index in [9.17, 15) is 23.2 Å². The van der Waals surface area contributed by atoms with Crippen LogP contribution >= 0.6 is 0 Å². The van der Waals surface area contributed by atoms with Crippen molar-refractivity contribution in [1.82, 2.24) is 5.32 Å². The molecule has 136 valence electrons. The Kier molecular flexibility index (Phi) is 6.37. The van der Waals surface area contributed by atoms with E-state index in [1.807, 2.05) is 0 Å². The fraction of sp³-hybridized carbons (Fsp3) is 0.167. The van der Waals surface area contributed by atoms with Crippen molar-refractivity contribution in [2.45, 2.75) is 6.04 Å². The topological polar surface area (TPSA) is 81.7 Å². The van der Waals surface area contributed by atoms with E-state index in [0.717, 1.165) is 31.4 Å². The molecule has 2 aromatic carbocycles. The van der Waals surface area contributed by atoms with Crippen LogP contribution in [0.15, 0.2) is 48.5 Å². The molecule has 0 saturated carbocycles. The molecule has 0 spiro atoms. The highest BCUT2D eigenvalue weighted by Crippen LogP contribution is 2.06. The Labute approximate surface area is 147 Å². The quantitative estimate of drug-likeness (QED) is 0.795. The summed E-state index contributed by atoms with van der Waals surface area (Å²) in [6.07, 6.45) is 0. The first-order valence-electron chi connectivity index (χ1n) is 7.47. The Hall–Kier alpha value is -3.29. The van der Waals surface area contributed by atoms with Gasteiger partial charge in [-0.05, 0) is 48.5 Å². The number of methoxy groups -OCH3 is 1. The van der Waals surface area contributed by atoms with Crippen LogP contribution in [0.25, 0.3) is 0 Å². The van der Waals surface area contributed by atoms with Crippen molar-refractivity contribution in [2.24, 2.45) is 0 Å². The monoisotopic (exact) mass is 363 g/mol. The molecule has 1 amide bonds. The number of nitrogens with one attached hydrogen (secondary N) is 1. The molecule has 8 heteroatoms. The number of amides is 1. The van der Waals surface area contributed by atoms with E-state index in [2.05, 4.69) is 10.1 Å². The van der Waals surface area contributed by atoms with Gasteiger partial charge >= 0.3 is 11.9 Å². The fourth-order valence-corrected chi connectivity index (χ4v) is 1.98. The second-order valence-electron chi connectivity index (χ2n) is 5.16. The van der Waals surface area contributed by atoms with Crippen LogP contribution in [0.4, 0.5) is 8.78 Å². The molecule has 0 radical (unpaired) electrons. The Balaban J connectivity index is 2.01. The molecule has 0 aromatic heterocycles. The summed E-state index contributed by atoms with van der Waals surface area (Å²) in [7, 11) is 1.11. The number of esters is 2. The van der Waals surface area contributed by atoms with Crippen molar-refractivity contribution in [3.05, 3.63) is 71.3 Å². The van der Waals surface area contributed by atoms with E-state index in [-0.39, 0.29) is 11.1 Å². The molecular formula is C18H15F2NO5. The Morgan fingerprint density at radius 3 is 1.92 bits per heavy atom. The van der Waals surface area contributed by atoms with Crippen LogP contribution in [0, 0.1) is 11.6 Å². The summed E-state index contributed by atoms with van der Waals surface area (Å²) in [6, 6.07) is 8.03. The summed E-state index contributed by atoms with van der Waals surface area (Å²) < 4.78 is 35.3. The van der Waals surface area contributed by atoms with E-state index in [1.54, 1.807) is 0 Å². The highest BCUT2D eigenvalue weighted by Gasteiger charge is 2.24. The van der Waals surface area contributed by atoms with Crippen LogP contribution in [0.5, 0.6) is 0 Å². The minimum atomic E-state index is -1.26. The first-order valence-corrected chi connectivity index (χ1v) is 7.47. The third kappa shape index (κ3) is 5.10. The third-order valence-electron chi connectivity index (χ3n) is 3.36. The average molecular weight is 363 g/mol. The van der Waals surface area contributed by atoms with Gasteiger partial charge < -0.3 is 14.8 Å². The summed E-state index contributed by atoms with van der Waals surface area (Å²) in [5.74, 6) is -3.32. The van der Waals surface area contributed by atoms with E-state index in [0.29, 0.717) is 0 Å². The first kappa shape index (κ1) is 19.0. The molecule has 0 heterocycles. The van der Waals surface area contributed by atoms with Crippen LogP contribution in [-0.2, 0) is 14.3 Å². The number of halogens is 2. The zero-order valence-electron chi connectivity index (χ0n) is 13.7. The van der Waals surface area contributed by atoms with Gasteiger partial charge in [0.15, 0.2) is 6.04 Å². The summed E-state index contributed by atoms with van der Waals surface area (Å²) >= 11 is 0. The molecule has 1 N–H and O–H groups in total. The molecule has 2 rings (SSSR count). The average Bonchev–Trinajstić information content (AvgIpc) is 2.65. The van der Waals surface area contributed by atoms with Gasteiger partial charge in [0, 0.05) is 5.56 Å². The predicted molar refractivity (Wildman–Crippen MR) is 86.4 cm³/mol. The van der Waals surface area contributed by atoms with E-state index >= 15 is 0 Å². The molecule has 1 atom stereocenters. The van der Waals surface area contributed by atoms with Gasteiger partial charge in [0.2, 0.25) is 0 Å². The lowest BCUT2D eigenvalue weighted by molar-refractivity contribution is -0.143. The standard InChI is InChI=1S/C18H15F2NO5/c1-25-18(24)15(21-16(22)11-2-6-13(19)7-3-11)10-26-17(23)12-4-8-14(20)9-5-12/h2-9,15H,10H2,1H3,(H,21,22)/t15-/m0/s1. The summed E-state index contributed by atoms with van der Waals surface area (Å²) in [6.45, 7) is -0.490. The number of hydrogen-bond acceptors (Lipinski definition) is 5. The highest BCUT2D eigenvalue weighted by molar-refractivity contribution is 5.97. The second kappa shape index (κ2) is 8.70. The second-order valence-corrected chi connectivity index (χ2v) is 5.16. The maximum atomic E-state index is 12.9. The van der Waals surface area contributed by atoms with Gasteiger partial charge in [0.05, 0.1) is 12.7 Å². The number of benzene rings is 2. The number of carbonyl (C=O) groups excluding carboxylic acids is 3. The maximum Gasteiger partial charge on any atom is 0.338 e. The number of carbonyl (C=O) groups is 3. The van der Waals surface area contributed by atoms with Gasteiger partial charge in [0.1, 0.15) is 18.2 Å². The van der Waals surface area contributed by atoms with Crippen molar-refractivity contribution in [1.29, 1.82) is 0 Å². The van der Waals surface area contributed by atoms with Gasteiger partial charge in [-0.25, -0.2) is 18.4 Å². The molecule has 0 fully saturated rings. The molecule has 0 aliphatic rings. The molecule has 6 nitrogen and oxygen atoms in total. The van der Waals surface area contributed by atoms with Gasteiger partial charge in [0.25, 0.3) is 5.91 Å². The number of ether oxygens (including phenoxy) is 2. The lowest BCUT2D eigenvalue weighted by Gasteiger charge is -2.16. The Bertz CT molecular complexity index is 790. The largest absolute Gasteiger partial charge is 0.467 e. The molecule has 2 aromatic rings. The minimum Gasteiger partial charge on any atom is -0.467 e. The van der Waals surface area contributed by atoms with Gasteiger partial charge in [-0.15, -0.1) is 0 Å². The molecule has 26 heavy (non-hydrogen) atoms. The molecular weight excluding hydrogens is 348 g/mol. The lowest BCUT2D eigenvalue weighted by Crippen LogP contribution is -2.45. The predicted octanol–water partition coefficient (Wildman–Crippen LogP) is 2.09. The summed E-state index contributed by atoms with van der Waals surface area (Å²) in [5.41, 5.74) is 0.199. The van der Waals surface area contributed by atoms with Crippen LogP contribution in [-0.4, -0.2) is 37.6 Å². The maximum absolute atomic E-state index is 12.9. The van der Waals surface area contributed by atoms with Gasteiger partial charge in [-0.2, -0.15) is 0 Å². The first-order chi connectivity index (χ1) is 12.4. The normalized spacial score (nSPS) is 11.3. The Morgan fingerprint density at radius 1 is 0.923 bits per heavy atom. The molecule has 0 aliphatic carbocycles. The smallest absolute Gasteiger partial charge is 0.338 e. The summed E-state index contributed by atoms with van der Waals surface area (Å²) in [5, 5.41) is 2.35. The van der Waals surface area contributed by atoms with Crippen LogP contribution in [0.3, 0.4) is 0 Å².